The van der Waals surface area contributed by atoms with Crippen LogP contribution in [0.1, 0.15) is 26.6 Å². The third-order valence-corrected chi connectivity index (χ3v) is 2.38. The Bertz CT molecular complexity index is 645. The first kappa shape index (κ1) is 12.7. The van der Waals surface area contributed by atoms with E-state index >= 15 is 0 Å². The van der Waals surface area contributed by atoms with Gasteiger partial charge >= 0.3 is 11.9 Å². The Morgan fingerprint density at radius 2 is 1.95 bits per heavy atom. The van der Waals surface area contributed by atoms with Gasteiger partial charge in [-0.2, -0.15) is 0 Å². The molecule has 0 spiro atoms. The minimum absolute atomic E-state index is 0.0880. The Labute approximate surface area is 106 Å². The summed E-state index contributed by atoms with van der Waals surface area (Å²) < 4.78 is 18.4. The van der Waals surface area contributed by atoms with Crippen molar-refractivity contribution < 1.29 is 28.6 Å². The number of hydrogen-bond acceptors (Lipinski definition) is 4. The molecule has 0 aliphatic carbocycles. The largest absolute Gasteiger partial charge is 0.476 e. The Morgan fingerprint density at radius 1 is 1.26 bits per heavy atom. The predicted octanol–water partition coefficient (Wildman–Crippen LogP) is 2.19. The zero-order valence-corrected chi connectivity index (χ0v) is 9.68. The standard InChI is InChI=1S/C12H8FNO5/c1-5-2-3-7(13)6(4-5)10-14-8(11(15)16)9(19-10)12(17)18/h2-4H,1H3,(H,15,16)(H,17,18). The molecule has 1 aromatic carbocycles. The van der Waals surface area contributed by atoms with Gasteiger partial charge in [0.05, 0.1) is 5.56 Å². The molecular weight excluding hydrogens is 257 g/mol. The van der Waals surface area contributed by atoms with E-state index < -0.39 is 29.2 Å². The first-order valence-electron chi connectivity index (χ1n) is 5.14. The zero-order valence-electron chi connectivity index (χ0n) is 9.68. The van der Waals surface area contributed by atoms with E-state index in [4.69, 9.17) is 14.6 Å². The highest BCUT2D eigenvalue weighted by Crippen LogP contribution is 2.25. The SMILES string of the molecule is Cc1ccc(F)c(-c2nc(C(=O)O)c(C(=O)O)o2)c1. The summed E-state index contributed by atoms with van der Waals surface area (Å²) in [5, 5.41) is 17.6. The van der Waals surface area contributed by atoms with Gasteiger partial charge in [0, 0.05) is 0 Å². The second-order valence-electron chi connectivity index (χ2n) is 3.79. The molecule has 2 rings (SSSR count). The number of carboxylic acid groups (broad SMARTS) is 2. The van der Waals surface area contributed by atoms with Crippen LogP contribution in [0.2, 0.25) is 0 Å². The monoisotopic (exact) mass is 265 g/mol. The third-order valence-electron chi connectivity index (χ3n) is 2.38. The van der Waals surface area contributed by atoms with Crippen LogP contribution >= 0.6 is 0 Å². The van der Waals surface area contributed by atoms with Gasteiger partial charge in [-0.1, -0.05) is 11.6 Å². The topological polar surface area (TPSA) is 101 Å². The van der Waals surface area contributed by atoms with Crippen LogP contribution in [0.4, 0.5) is 4.39 Å². The van der Waals surface area contributed by atoms with Crippen LogP contribution in [-0.4, -0.2) is 27.1 Å². The smallest absolute Gasteiger partial charge is 0.374 e. The summed E-state index contributed by atoms with van der Waals surface area (Å²) in [6.45, 7) is 1.70. The van der Waals surface area contributed by atoms with Crippen molar-refractivity contribution in [3.05, 3.63) is 41.0 Å². The van der Waals surface area contributed by atoms with Gasteiger partial charge in [0.25, 0.3) is 0 Å². The first-order valence-corrected chi connectivity index (χ1v) is 5.14. The maximum absolute atomic E-state index is 13.6. The second-order valence-corrected chi connectivity index (χ2v) is 3.79. The number of carboxylic acids is 2. The van der Waals surface area contributed by atoms with Gasteiger partial charge in [-0.05, 0) is 19.1 Å². The molecule has 0 saturated heterocycles. The fourth-order valence-electron chi connectivity index (χ4n) is 1.53. The van der Waals surface area contributed by atoms with Crippen molar-refractivity contribution in [3.8, 4) is 11.5 Å². The fraction of sp³-hybridized carbons (Fsp3) is 0.0833. The molecule has 0 atom stereocenters. The van der Waals surface area contributed by atoms with Crippen LogP contribution in [0.5, 0.6) is 0 Å². The van der Waals surface area contributed by atoms with E-state index in [0.717, 1.165) is 6.07 Å². The maximum atomic E-state index is 13.6. The highest BCUT2D eigenvalue weighted by Gasteiger charge is 2.26. The van der Waals surface area contributed by atoms with Gasteiger partial charge in [0.1, 0.15) is 5.82 Å². The number of nitrogens with zero attached hydrogens (tertiary/aromatic N) is 1. The number of aromatic nitrogens is 1. The highest BCUT2D eigenvalue weighted by molar-refractivity contribution is 5.98. The van der Waals surface area contributed by atoms with Crippen molar-refractivity contribution in [1.29, 1.82) is 0 Å². The molecule has 2 N–H and O–H groups in total. The average Bonchev–Trinajstić information content (AvgIpc) is 2.77. The van der Waals surface area contributed by atoms with E-state index in [9.17, 15) is 14.0 Å². The molecule has 0 aliphatic heterocycles. The van der Waals surface area contributed by atoms with Crippen molar-refractivity contribution in [2.45, 2.75) is 6.92 Å². The van der Waals surface area contributed by atoms with Crippen LogP contribution < -0.4 is 0 Å². The minimum atomic E-state index is -1.58. The molecule has 19 heavy (non-hydrogen) atoms. The minimum Gasteiger partial charge on any atom is -0.476 e. The van der Waals surface area contributed by atoms with E-state index in [1.165, 1.54) is 12.1 Å². The van der Waals surface area contributed by atoms with Gasteiger partial charge < -0.3 is 14.6 Å². The van der Waals surface area contributed by atoms with Gasteiger partial charge in [-0.15, -0.1) is 0 Å². The Balaban J connectivity index is 2.64. The first-order chi connectivity index (χ1) is 8.90. The van der Waals surface area contributed by atoms with Gasteiger partial charge in [-0.25, -0.2) is 19.0 Å². The number of oxazole rings is 1. The molecular formula is C12H8FNO5. The average molecular weight is 265 g/mol. The van der Waals surface area contributed by atoms with Gasteiger partial charge in [-0.3, -0.25) is 0 Å². The van der Waals surface area contributed by atoms with Crippen LogP contribution in [0, 0.1) is 12.7 Å². The maximum Gasteiger partial charge on any atom is 0.374 e. The lowest BCUT2D eigenvalue weighted by Gasteiger charge is -1.99. The molecule has 98 valence electrons. The summed E-state index contributed by atoms with van der Waals surface area (Å²) in [5.41, 5.74) is -0.151. The van der Waals surface area contributed by atoms with Crippen molar-refractivity contribution in [3.63, 3.8) is 0 Å². The molecule has 7 heteroatoms. The zero-order chi connectivity index (χ0) is 14.2. The molecule has 0 bridgehead atoms. The van der Waals surface area contributed by atoms with Crippen LogP contribution in [0.25, 0.3) is 11.5 Å². The second kappa shape index (κ2) is 4.52. The normalized spacial score (nSPS) is 10.4. The van der Waals surface area contributed by atoms with Crippen LogP contribution in [-0.2, 0) is 0 Å². The third kappa shape index (κ3) is 2.30. The number of rotatable bonds is 3. The van der Waals surface area contributed by atoms with E-state index in [-0.39, 0.29) is 11.5 Å². The van der Waals surface area contributed by atoms with E-state index in [0.29, 0.717) is 5.56 Å². The van der Waals surface area contributed by atoms with Crippen LogP contribution in [0.15, 0.2) is 22.6 Å². The molecule has 0 unspecified atom stereocenters. The number of carbonyl (C=O) groups is 2. The quantitative estimate of drug-likeness (QED) is 0.882. The Kier molecular flexibility index (Phi) is 3.04. The number of aromatic carboxylic acids is 2. The molecule has 0 radical (unpaired) electrons. The highest BCUT2D eigenvalue weighted by atomic mass is 19.1. The number of hydrogen-bond donors (Lipinski definition) is 2. The summed E-state index contributed by atoms with van der Waals surface area (Å²) in [6.07, 6.45) is 0. The summed E-state index contributed by atoms with van der Waals surface area (Å²) in [7, 11) is 0. The number of benzene rings is 1. The van der Waals surface area contributed by atoms with Gasteiger partial charge in [0.2, 0.25) is 17.3 Å². The molecule has 0 saturated carbocycles. The summed E-state index contributed by atoms with van der Waals surface area (Å²) in [6, 6.07) is 4.06. The van der Waals surface area contributed by atoms with Crippen molar-refractivity contribution in [2.24, 2.45) is 0 Å². The van der Waals surface area contributed by atoms with Crippen molar-refractivity contribution >= 4 is 11.9 Å². The molecule has 0 aliphatic rings. The molecule has 1 heterocycles. The lowest BCUT2D eigenvalue weighted by Crippen LogP contribution is -2.05. The molecule has 0 fully saturated rings. The Hall–Kier alpha value is -2.70. The summed E-state index contributed by atoms with van der Waals surface area (Å²) >= 11 is 0. The lowest BCUT2D eigenvalue weighted by atomic mass is 10.1. The van der Waals surface area contributed by atoms with Crippen LogP contribution in [0.3, 0.4) is 0 Å². The fourth-order valence-corrected chi connectivity index (χ4v) is 1.53. The molecule has 1 aromatic heterocycles. The molecule has 2 aromatic rings. The van der Waals surface area contributed by atoms with Gasteiger partial charge in [0.15, 0.2) is 0 Å². The predicted molar refractivity (Wildman–Crippen MR) is 60.6 cm³/mol. The summed E-state index contributed by atoms with van der Waals surface area (Å²) in [4.78, 5) is 25.2. The summed E-state index contributed by atoms with van der Waals surface area (Å²) in [5.74, 6) is -5.02. The van der Waals surface area contributed by atoms with E-state index in [2.05, 4.69) is 4.98 Å². The Morgan fingerprint density at radius 3 is 2.47 bits per heavy atom. The van der Waals surface area contributed by atoms with Crippen molar-refractivity contribution in [1.82, 2.24) is 4.98 Å². The van der Waals surface area contributed by atoms with E-state index in [1.807, 2.05) is 0 Å². The number of aryl methyl sites for hydroxylation is 1. The molecule has 0 amide bonds. The molecule has 6 nitrogen and oxygen atoms in total. The lowest BCUT2D eigenvalue weighted by molar-refractivity contribution is 0.0624. The number of halogens is 1. The van der Waals surface area contributed by atoms with Crippen molar-refractivity contribution in [2.75, 3.05) is 0 Å². The van der Waals surface area contributed by atoms with E-state index in [1.54, 1.807) is 6.92 Å².